The van der Waals surface area contributed by atoms with Crippen LogP contribution >= 0.6 is 35.3 Å². The van der Waals surface area contributed by atoms with Gasteiger partial charge >= 0.3 is 0 Å². The maximum absolute atomic E-state index is 11.5. The molecule has 1 atom stereocenters. The minimum absolute atomic E-state index is 0. The van der Waals surface area contributed by atoms with Crippen molar-refractivity contribution in [2.45, 2.75) is 19.4 Å². The van der Waals surface area contributed by atoms with E-state index in [0.29, 0.717) is 24.1 Å². The zero-order valence-corrected chi connectivity index (χ0v) is 19.0. The van der Waals surface area contributed by atoms with Crippen molar-refractivity contribution in [1.29, 1.82) is 0 Å². The van der Waals surface area contributed by atoms with Crippen LogP contribution in [0.4, 0.5) is 5.69 Å². The number of guanidine groups is 1. The molecule has 0 radical (unpaired) electrons. The summed E-state index contributed by atoms with van der Waals surface area (Å²) in [5, 5.41) is 8.60. The van der Waals surface area contributed by atoms with Gasteiger partial charge in [-0.25, -0.2) is 8.42 Å². The number of rotatable bonds is 7. The monoisotopic (exact) mass is 508 g/mol. The van der Waals surface area contributed by atoms with Gasteiger partial charge in [0.15, 0.2) is 5.96 Å². The molecule has 0 aliphatic rings. The average Bonchev–Trinajstić information content (AvgIpc) is 3.09. The SMILES string of the molecule is CN=C(NCc1ccccc1NS(C)(=O)=O)NCC(C)c1cccs1.I. The van der Waals surface area contributed by atoms with Gasteiger partial charge in [0.25, 0.3) is 0 Å². The second-order valence-corrected chi connectivity index (χ2v) is 8.48. The van der Waals surface area contributed by atoms with Gasteiger partial charge < -0.3 is 10.6 Å². The zero-order valence-electron chi connectivity index (χ0n) is 15.0. The Morgan fingerprint density at radius 1 is 1.19 bits per heavy atom. The molecule has 6 nitrogen and oxygen atoms in total. The zero-order chi connectivity index (χ0) is 18.3. The van der Waals surface area contributed by atoms with Crippen LogP contribution in [-0.2, 0) is 16.6 Å². The molecule has 1 aromatic heterocycles. The summed E-state index contributed by atoms with van der Waals surface area (Å²) in [4.78, 5) is 5.54. The molecule has 0 aliphatic heterocycles. The topological polar surface area (TPSA) is 82.6 Å². The van der Waals surface area contributed by atoms with Crippen LogP contribution in [0.2, 0.25) is 0 Å². The van der Waals surface area contributed by atoms with E-state index in [1.165, 1.54) is 4.88 Å². The molecule has 144 valence electrons. The molecule has 9 heteroatoms. The van der Waals surface area contributed by atoms with E-state index in [0.717, 1.165) is 18.4 Å². The first kappa shape index (κ1) is 22.7. The van der Waals surface area contributed by atoms with E-state index >= 15 is 0 Å². The molecule has 0 bridgehead atoms. The summed E-state index contributed by atoms with van der Waals surface area (Å²) in [6, 6.07) is 11.5. The number of hydrogen-bond donors (Lipinski definition) is 3. The molecule has 0 saturated carbocycles. The van der Waals surface area contributed by atoms with Crippen LogP contribution in [0.15, 0.2) is 46.8 Å². The van der Waals surface area contributed by atoms with E-state index in [1.807, 2.05) is 12.1 Å². The lowest BCUT2D eigenvalue weighted by Crippen LogP contribution is -2.38. The molecule has 0 aliphatic carbocycles. The highest BCUT2D eigenvalue weighted by Gasteiger charge is 2.09. The van der Waals surface area contributed by atoms with Gasteiger partial charge in [-0.05, 0) is 23.1 Å². The predicted octanol–water partition coefficient (Wildman–Crippen LogP) is 3.21. The number of hydrogen-bond acceptors (Lipinski definition) is 4. The fourth-order valence-corrected chi connectivity index (χ4v) is 3.68. The number of benzene rings is 1. The van der Waals surface area contributed by atoms with E-state index in [2.05, 4.69) is 44.8 Å². The summed E-state index contributed by atoms with van der Waals surface area (Å²) in [6.45, 7) is 3.40. The summed E-state index contributed by atoms with van der Waals surface area (Å²) in [5.41, 5.74) is 1.42. The molecule has 1 heterocycles. The molecule has 0 fully saturated rings. The number of nitrogens with zero attached hydrogens (tertiary/aromatic N) is 1. The Hall–Kier alpha value is -1.33. The summed E-state index contributed by atoms with van der Waals surface area (Å²) < 4.78 is 25.5. The van der Waals surface area contributed by atoms with E-state index in [9.17, 15) is 8.42 Å². The minimum atomic E-state index is -3.31. The molecule has 1 unspecified atom stereocenters. The van der Waals surface area contributed by atoms with Crippen molar-refractivity contribution in [2.24, 2.45) is 4.99 Å². The summed E-state index contributed by atoms with van der Waals surface area (Å²) in [6.07, 6.45) is 1.14. The van der Waals surface area contributed by atoms with Crippen molar-refractivity contribution >= 4 is 57.0 Å². The maximum atomic E-state index is 11.5. The van der Waals surface area contributed by atoms with Crippen LogP contribution in [0.5, 0.6) is 0 Å². The Balaban J connectivity index is 0.00000338. The van der Waals surface area contributed by atoms with Crippen molar-refractivity contribution in [2.75, 3.05) is 24.6 Å². The third-order valence-corrected chi connectivity index (χ3v) is 5.28. The highest BCUT2D eigenvalue weighted by atomic mass is 127. The Morgan fingerprint density at radius 2 is 1.92 bits per heavy atom. The molecule has 2 rings (SSSR count). The number of nitrogens with one attached hydrogen (secondary N) is 3. The fraction of sp³-hybridized carbons (Fsp3) is 0.353. The molecule has 3 N–H and O–H groups in total. The van der Waals surface area contributed by atoms with Crippen LogP contribution < -0.4 is 15.4 Å². The van der Waals surface area contributed by atoms with Gasteiger partial charge in [0, 0.05) is 30.9 Å². The van der Waals surface area contributed by atoms with Crippen molar-refractivity contribution in [3.63, 3.8) is 0 Å². The highest BCUT2D eigenvalue weighted by Crippen LogP contribution is 2.19. The Labute approximate surface area is 176 Å². The largest absolute Gasteiger partial charge is 0.356 e. The third kappa shape index (κ3) is 7.50. The quantitative estimate of drug-likeness (QED) is 0.305. The molecule has 0 spiro atoms. The van der Waals surface area contributed by atoms with Gasteiger partial charge in [-0.15, -0.1) is 35.3 Å². The van der Waals surface area contributed by atoms with Gasteiger partial charge in [-0.2, -0.15) is 0 Å². The number of aliphatic imine (C=N–C) groups is 1. The minimum Gasteiger partial charge on any atom is -0.356 e. The maximum Gasteiger partial charge on any atom is 0.229 e. The molecular weight excluding hydrogens is 483 g/mol. The number of para-hydroxylation sites is 1. The van der Waals surface area contributed by atoms with E-state index in [1.54, 1.807) is 30.5 Å². The predicted molar refractivity (Wildman–Crippen MR) is 121 cm³/mol. The molecule has 26 heavy (non-hydrogen) atoms. The third-order valence-electron chi connectivity index (χ3n) is 3.59. The summed E-state index contributed by atoms with van der Waals surface area (Å²) in [5.74, 6) is 1.07. The first-order valence-electron chi connectivity index (χ1n) is 7.92. The van der Waals surface area contributed by atoms with Gasteiger partial charge in [-0.3, -0.25) is 9.71 Å². The number of thiophene rings is 1. The standard InChI is InChI=1S/C17H24N4O2S2.HI/c1-13(16-9-6-10-24-16)11-19-17(18-2)20-12-14-7-4-5-8-15(14)21-25(3,22)23;/h4-10,13,21H,11-12H2,1-3H3,(H2,18,19,20);1H. The summed E-state index contributed by atoms with van der Waals surface area (Å²) >= 11 is 1.74. The van der Waals surface area contributed by atoms with Crippen LogP contribution in [0, 0.1) is 0 Å². The van der Waals surface area contributed by atoms with E-state index in [-0.39, 0.29) is 24.0 Å². The second kappa shape index (κ2) is 10.7. The molecule has 1 aromatic carbocycles. The van der Waals surface area contributed by atoms with Gasteiger partial charge in [0.05, 0.1) is 11.9 Å². The fourth-order valence-electron chi connectivity index (χ4n) is 2.30. The highest BCUT2D eigenvalue weighted by molar-refractivity contribution is 14.0. The summed E-state index contributed by atoms with van der Waals surface area (Å²) in [7, 11) is -1.60. The van der Waals surface area contributed by atoms with Crippen molar-refractivity contribution < 1.29 is 8.42 Å². The van der Waals surface area contributed by atoms with Gasteiger partial charge in [0.2, 0.25) is 10.0 Å². The Kier molecular flexibility index (Phi) is 9.37. The van der Waals surface area contributed by atoms with Gasteiger partial charge in [0.1, 0.15) is 0 Å². The Morgan fingerprint density at radius 3 is 2.54 bits per heavy atom. The van der Waals surface area contributed by atoms with E-state index in [4.69, 9.17) is 0 Å². The van der Waals surface area contributed by atoms with Crippen LogP contribution in [0.25, 0.3) is 0 Å². The number of sulfonamides is 1. The first-order chi connectivity index (χ1) is 11.9. The van der Waals surface area contributed by atoms with Gasteiger partial charge in [-0.1, -0.05) is 31.2 Å². The average molecular weight is 508 g/mol. The van der Waals surface area contributed by atoms with Crippen LogP contribution in [0.1, 0.15) is 23.3 Å². The van der Waals surface area contributed by atoms with Crippen molar-refractivity contribution in [3.05, 3.63) is 52.2 Å². The molecule has 0 amide bonds. The molecule has 2 aromatic rings. The Bertz CT molecular complexity index is 808. The van der Waals surface area contributed by atoms with Crippen LogP contribution in [-0.4, -0.2) is 34.2 Å². The molecule has 0 saturated heterocycles. The lowest BCUT2D eigenvalue weighted by Gasteiger charge is -2.16. The molecular formula is C17H25IN4O2S2. The second-order valence-electron chi connectivity index (χ2n) is 5.75. The number of halogens is 1. The normalized spacial score (nSPS) is 12.8. The lowest BCUT2D eigenvalue weighted by atomic mass is 10.1. The van der Waals surface area contributed by atoms with Crippen molar-refractivity contribution in [3.8, 4) is 0 Å². The van der Waals surface area contributed by atoms with Crippen molar-refractivity contribution in [1.82, 2.24) is 10.6 Å². The first-order valence-corrected chi connectivity index (χ1v) is 10.7. The number of anilines is 1. The van der Waals surface area contributed by atoms with Crippen LogP contribution in [0.3, 0.4) is 0 Å². The lowest BCUT2D eigenvalue weighted by molar-refractivity contribution is 0.606. The van der Waals surface area contributed by atoms with E-state index < -0.39 is 10.0 Å². The smallest absolute Gasteiger partial charge is 0.229 e.